The van der Waals surface area contributed by atoms with Crippen molar-refractivity contribution in [3.63, 3.8) is 0 Å². The van der Waals surface area contributed by atoms with Crippen LogP contribution in [0.2, 0.25) is 0 Å². The van der Waals surface area contributed by atoms with Gasteiger partial charge in [0.25, 0.3) is 5.89 Å². The molecule has 3 rings (SSSR count). The van der Waals surface area contributed by atoms with Crippen molar-refractivity contribution in [1.29, 1.82) is 0 Å². The summed E-state index contributed by atoms with van der Waals surface area (Å²) in [7, 11) is 0. The fourth-order valence-electron chi connectivity index (χ4n) is 2.31. The second-order valence-electron chi connectivity index (χ2n) is 5.84. The van der Waals surface area contributed by atoms with Gasteiger partial charge in [0.2, 0.25) is 5.89 Å². The molecule has 29 heavy (non-hydrogen) atoms. The van der Waals surface area contributed by atoms with E-state index in [0.717, 1.165) is 23.8 Å². The maximum absolute atomic E-state index is 12.1. The molecule has 0 aliphatic carbocycles. The van der Waals surface area contributed by atoms with E-state index < -0.39 is 18.4 Å². The predicted octanol–water partition coefficient (Wildman–Crippen LogP) is 4.95. The van der Waals surface area contributed by atoms with E-state index in [-0.39, 0.29) is 11.6 Å². The Morgan fingerprint density at radius 1 is 1.07 bits per heavy atom. The Kier molecular flexibility index (Phi) is 5.96. The van der Waals surface area contributed by atoms with E-state index in [1.54, 1.807) is 6.92 Å². The van der Waals surface area contributed by atoms with Crippen molar-refractivity contribution < 1.29 is 31.9 Å². The normalized spacial score (nSPS) is 12.7. The molecule has 0 fully saturated rings. The summed E-state index contributed by atoms with van der Waals surface area (Å²) >= 11 is 0. The molecular formula is C20H15F3N2O4. The van der Waals surface area contributed by atoms with Crippen LogP contribution >= 0.6 is 0 Å². The molecule has 0 amide bonds. The van der Waals surface area contributed by atoms with Gasteiger partial charge in [-0.15, -0.1) is 23.4 Å². The zero-order valence-corrected chi connectivity index (χ0v) is 15.1. The highest BCUT2D eigenvalue weighted by Gasteiger charge is 2.30. The Hall–Kier alpha value is -3.62. The first-order valence-corrected chi connectivity index (χ1v) is 8.43. The topological polar surface area (TPSA) is 74.5 Å². The second-order valence-corrected chi connectivity index (χ2v) is 5.84. The van der Waals surface area contributed by atoms with E-state index in [0.29, 0.717) is 11.5 Å². The van der Waals surface area contributed by atoms with Crippen molar-refractivity contribution in [3.05, 3.63) is 72.1 Å². The summed E-state index contributed by atoms with van der Waals surface area (Å²) in [6.45, 7) is 1.58. The van der Waals surface area contributed by atoms with Crippen LogP contribution in [0.3, 0.4) is 0 Å². The number of alkyl halides is 3. The minimum Gasteiger partial charge on any atom is -0.449 e. The van der Waals surface area contributed by atoms with E-state index in [9.17, 15) is 18.0 Å². The third kappa shape index (κ3) is 5.93. The monoisotopic (exact) mass is 404 g/mol. The number of nitrogens with zero attached hydrogens (tertiary/aromatic N) is 2. The van der Waals surface area contributed by atoms with Crippen molar-refractivity contribution in [1.82, 2.24) is 10.2 Å². The zero-order valence-electron chi connectivity index (χ0n) is 15.1. The lowest BCUT2D eigenvalue weighted by Crippen LogP contribution is -2.16. The van der Waals surface area contributed by atoms with E-state index in [1.165, 1.54) is 18.2 Å². The molecule has 1 heterocycles. The number of hydrogen-bond acceptors (Lipinski definition) is 6. The van der Waals surface area contributed by atoms with Gasteiger partial charge < -0.3 is 13.9 Å². The molecule has 0 saturated heterocycles. The van der Waals surface area contributed by atoms with E-state index in [2.05, 4.69) is 14.9 Å². The minimum absolute atomic E-state index is 0.138. The van der Waals surface area contributed by atoms with E-state index in [1.807, 2.05) is 30.3 Å². The van der Waals surface area contributed by atoms with Gasteiger partial charge in [0.15, 0.2) is 6.10 Å². The number of esters is 1. The van der Waals surface area contributed by atoms with Gasteiger partial charge in [-0.25, -0.2) is 4.79 Å². The molecule has 0 N–H and O–H groups in total. The second kappa shape index (κ2) is 8.59. The molecule has 0 unspecified atom stereocenters. The lowest BCUT2D eigenvalue weighted by molar-refractivity contribution is -0.274. The van der Waals surface area contributed by atoms with Gasteiger partial charge >= 0.3 is 12.3 Å². The molecule has 2 aromatic carbocycles. The fraction of sp³-hybridized carbons (Fsp3) is 0.150. The van der Waals surface area contributed by atoms with E-state index in [4.69, 9.17) is 9.15 Å². The molecule has 3 aromatic rings. The Bertz CT molecular complexity index is 983. The van der Waals surface area contributed by atoms with Gasteiger partial charge in [0.1, 0.15) is 5.75 Å². The summed E-state index contributed by atoms with van der Waals surface area (Å²) in [5.74, 6) is -0.580. The Morgan fingerprint density at radius 2 is 1.76 bits per heavy atom. The maximum Gasteiger partial charge on any atom is 0.573 e. The van der Waals surface area contributed by atoms with Crippen LogP contribution in [0.5, 0.6) is 5.75 Å². The molecule has 0 saturated carbocycles. The molecule has 150 valence electrons. The summed E-state index contributed by atoms with van der Waals surface area (Å²) in [6, 6.07) is 14.2. The van der Waals surface area contributed by atoms with Crippen molar-refractivity contribution in [2.45, 2.75) is 19.4 Å². The minimum atomic E-state index is -4.76. The van der Waals surface area contributed by atoms with Crippen LogP contribution in [0.15, 0.2) is 65.1 Å². The number of ether oxygens (including phenoxy) is 2. The molecule has 0 spiro atoms. The number of aromatic nitrogens is 2. The molecular weight excluding hydrogens is 389 g/mol. The highest BCUT2D eigenvalue weighted by Crippen LogP contribution is 2.24. The molecule has 0 aliphatic heterocycles. The summed E-state index contributed by atoms with van der Waals surface area (Å²) in [6.07, 6.45) is -2.99. The smallest absolute Gasteiger partial charge is 0.449 e. The van der Waals surface area contributed by atoms with Crippen molar-refractivity contribution in [3.8, 4) is 17.2 Å². The summed E-state index contributed by atoms with van der Waals surface area (Å²) in [4.78, 5) is 12.0. The molecule has 0 aliphatic rings. The Morgan fingerprint density at radius 3 is 2.41 bits per heavy atom. The average Bonchev–Trinajstić information content (AvgIpc) is 3.17. The van der Waals surface area contributed by atoms with Crippen LogP contribution < -0.4 is 4.74 Å². The first kappa shape index (κ1) is 20.1. The lowest BCUT2D eigenvalue weighted by Gasteiger charge is -2.08. The number of carbonyl (C=O) groups excluding carboxylic acids is 1. The van der Waals surface area contributed by atoms with Crippen LogP contribution in [0.1, 0.15) is 24.5 Å². The Labute approximate surface area is 163 Å². The third-order valence-electron chi connectivity index (χ3n) is 3.63. The molecule has 0 bridgehead atoms. The van der Waals surface area contributed by atoms with Gasteiger partial charge in [0, 0.05) is 11.6 Å². The standard InChI is InChI=1S/C20H15F3N2O4/c1-13(18-24-25-19(28-18)15-5-3-2-4-6-15)27-17(26)12-9-14-7-10-16(11-8-14)29-20(21,22)23/h2-13H,1H3/b12-9+/t13-/m0/s1. The number of rotatable bonds is 6. The van der Waals surface area contributed by atoms with Gasteiger partial charge in [0.05, 0.1) is 0 Å². The average molecular weight is 404 g/mol. The van der Waals surface area contributed by atoms with Crippen molar-refractivity contribution >= 4 is 12.0 Å². The van der Waals surface area contributed by atoms with Crippen LogP contribution in [-0.2, 0) is 9.53 Å². The van der Waals surface area contributed by atoms with Crippen molar-refractivity contribution in [2.24, 2.45) is 0 Å². The van der Waals surface area contributed by atoms with E-state index >= 15 is 0 Å². The maximum atomic E-state index is 12.1. The molecule has 0 radical (unpaired) electrons. The number of benzene rings is 2. The number of carbonyl (C=O) groups is 1. The highest BCUT2D eigenvalue weighted by molar-refractivity contribution is 5.87. The predicted molar refractivity (Wildman–Crippen MR) is 96.4 cm³/mol. The summed E-state index contributed by atoms with van der Waals surface area (Å²) < 4.78 is 50.9. The number of halogens is 3. The highest BCUT2D eigenvalue weighted by atomic mass is 19.4. The zero-order chi connectivity index (χ0) is 20.9. The van der Waals surface area contributed by atoms with Crippen LogP contribution in [-0.4, -0.2) is 22.5 Å². The SMILES string of the molecule is C[C@H](OC(=O)/C=C/c1ccc(OC(F)(F)F)cc1)c1nnc(-c2ccccc2)o1. The molecule has 1 atom stereocenters. The molecule has 6 nitrogen and oxygen atoms in total. The Balaban J connectivity index is 1.57. The molecule has 1 aromatic heterocycles. The van der Waals surface area contributed by atoms with Crippen LogP contribution in [0.25, 0.3) is 17.5 Å². The van der Waals surface area contributed by atoms with Crippen molar-refractivity contribution in [2.75, 3.05) is 0 Å². The lowest BCUT2D eigenvalue weighted by atomic mass is 10.2. The van der Waals surface area contributed by atoms with Gasteiger partial charge in [-0.3, -0.25) is 0 Å². The largest absolute Gasteiger partial charge is 0.573 e. The quantitative estimate of drug-likeness (QED) is 0.427. The first-order valence-electron chi connectivity index (χ1n) is 8.43. The van der Waals surface area contributed by atoms with Gasteiger partial charge in [-0.1, -0.05) is 30.3 Å². The van der Waals surface area contributed by atoms with Gasteiger partial charge in [-0.05, 0) is 42.8 Å². The summed E-state index contributed by atoms with van der Waals surface area (Å²) in [5, 5.41) is 7.80. The first-order chi connectivity index (χ1) is 13.8. The number of hydrogen-bond donors (Lipinski definition) is 0. The third-order valence-corrected chi connectivity index (χ3v) is 3.63. The van der Waals surface area contributed by atoms with Crippen LogP contribution in [0.4, 0.5) is 13.2 Å². The summed E-state index contributed by atoms with van der Waals surface area (Å²) in [5.41, 5.74) is 1.23. The van der Waals surface area contributed by atoms with Crippen LogP contribution in [0, 0.1) is 0 Å². The molecule has 9 heteroatoms. The van der Waals surface area contributed by atoms with Gasteiger partial charge in [-0.2, -0.15) is 0 Å². The fourth-order valence-corrected chi connectivity index (χ4v) is 2.31.